The molecule has 3 N–H and O–H groups in total. The SMILES string of the molecule is COOC(=CN)c1ccc(OCC2(O)CCC2)c(C2CC2)n1. The average molecular weight is 306 g/mol. The second kappa shape index (κ2) is 6.14. The lowest BCUT2D eigenvalue weighted by Gasteiger charge is -2.36. The molecule has 0 saturated heterocycles. The van der Waals surface area contributed by atoms with Crippen molar-refractivity contribution in [2.24, 2.45) is 5.73 Å². The Hall–Kier alpha value is -1.79. The quantitative estimate of drug-likeness (QED) is 0.456. The monoisotopic (exact) mass is 306 g/mol. The van der Waals surface area contributed by atoms with Crippen LogP contribution in [0.2, 0.25) is 0 Å². The summed E-state index contributed by atoms with van der Waals surface area (Å²) >= 11 is 0. The van der Waals surface area contributed by atoms with Crippen LogP contribution in [0.15, 0.2) is 18.3 Å². The van der Waals surface area contributed by atoms with E-state index in [1.165, 1.54) is 13.3 Å². The first-order chi connectivity index (χ1) is 10.6. The van der Waals surface area contributed by atoms with E-state index in [1.807, 2.05) is 6.07 Å². The number of pyridine rings is 1. The molecule has 120 valence electrons. The largest absolute Gasteiger partial charge is 0.489 e. The second-order valence-corrected chi connectivity index (χ2v) is 6.00. The number of hydrogen-bond acceptors (Lipinski definition) is 6. The number of ether oxygens (including phenoxy) is 1. The average Bonchev–Trinajstić information content (AvgIpc) is 3.33. The van der Waals surface area contributed by atoms with Crippen LogP contribution in [0.1, 0.15) is 49.4 Å². The van der Waals surface area contributed by atoms with Crippen LogP contribution in [-0.4, -0.2) is 29.4 Å². The minimum absolute atomic E-state index is 0.321. The van der Waals surface area contributed by atoms with Crippen LogP contribution in [0.25, 0.3) is 5.76 Å². The predicted octanol–water partition coefficient (Wildman–Crippen LogP) is 2.09. The number of rotatable bonds is 7. The van der Waals surface area contributed by atoms with Gasteiger partial charge in [0.15, 0.2) is 0 Å². The van der Waals surface area contributed by atoms with E-state index in [9.17, 15) is 5.11 Å². The molecule has 0 spiro atoms. The van der Waals surface area contributed by atoms with Crippen LogP contribution in [-0.2, 0) is 9.78 Å². The molecule has 0 aromatic carbocycles. The zero-order valence-electron chi connectivity index (χ0n) is 12.7. The normalized spacial score (nSPS) is 20.4. The van der Waals surface area contributed by atoms with E-state index >= 15 is 0 Å². The fraction of sp³-hybridized carbons (Fsp3) is 0.562. The molecule has 2 fully saturated rings. The lowest BCUT2D eigenvalue weighted by molar-refractivity contribution is -0.208. The van der Waals surface area contributed by atoms with Crippen molar-refractivity contribution in [1.82, 2.24) is 4.98 Å². The van der Waals surface area contributed by atoms with Crippen LogP contribution >= 0.6 is 0 Å². The number of nitrogens with zero attached hydrogens (tertiary/aromatic N) is 1. The van der Waals surface area contributed by atoms with Gasteiger partial charge in [0, 0.05) is 12.1 Å². The molecule has 6 nitrogen and oxygen atoms in total. The van der Waals surface area contributed by atoms with E-state index < -0.39 is 5.60 Å². The summed E-state index contributed by atoms with van der Waals surface area (Å²) in [5.41, 5.74) is 6.39. The maximum atomic E-state index is 10.2. The first-order valence-corrected chi connectivity index (χ1v) is 7.64. The fourth-order valence-electron chi connectivity index (χ4n) is 2.56. The van der Waals surface area contributed by atoms with Crippen molar-refractivity contribution in [1.29, 1.82) is 0 Å². The zero-order chi connectivity index (χ0) is 15.6. The summed E-state index contributed by atoms with van der Waals surface area (Å²) in [4.78, 5) is 14.3. The summed E-state index contributed by atoms with van der Waals surface area (Å²) in [5.74, 6) is 1.52. The summed E-state index contributed by atoms with van der Waals surface area (Å²) in [7, 11) is 1.42. The molecule has 0 bridgehead atoms. The van der Waals surface area contributed by atoms with Gasteiger partial charge in [-0.1, -0.05) is 0 Å². The maximum absolute atomic E-state index is 10.2. The Morgan fingerprint density at radius 2 is 2.23 bits per heavy atom. The molecule has 1 heterocycles. The predicted molar refractivity (Wildman–Crippen MR) is 80.8 cm³/mol. The van der Waals surface area contributed by atoms with Gasteiger partial charge < -0.3 is 20.5 Å². The molecule has 0 atom stereocenters. The number of aliphatic hydroxyl groups is 1. The Labute approximate surface area is 129 Å². The van der Waals surface area contributed by atoms with E-state index in [-0.39, 0.29) is 0 Å². The topological polar surface area (TPSA) is 86.8 Å². The second-order valence-electron chi connectivity index (χ2n) is 6.00. The van der Waals surface area contributed by atoms with Crippen molar-refractivity contribution >= 4 is 5.76 Å². The van der Waals surface area contributed by atoms with E-state index in [4.69, 9.17) is 15.4 Å². The minimum atomic E-state index is -0.666. The molecule has 0 radical (unpaired) electrons. The highest BCUT2D eigenvalue weighted by molar-refractivity contribution is 5.56. The number of hydrogen-bond donors (Lipinski definition) is 2. The Balaban J connectivity index is 1.78. The summed E-state index contributed by atoms with van der Waals surface area (Å²) in [6, 6.07) is 3.64. The molecule has 1 aromatic rings. The lowest BCUT2D eigenvalue weighted by atomic mass is 9.81. The standard InChI is InChI=1S/C16H22N2O4/c1-20-22-14(9-17)12-5-6-13(15(18-12)11-3-4-11)21-10-16(19)7-2-8-16/h5-6,9,11,19H,2-4,7-8,10,17H2,1H3. The van der Waals surface area contributed by atoms with E-state index in [0.717, 1.165) is 43.5 Å². The Kier molecular flexibility index (Phi) is 4.22. The molecule has 3 rings (SSSR count). The zero-order valence-corrected chi connectivity index (χ0v) is 12.7. The van der Waals surface area contributed by atoms with Gasteiger partial charge in [0.25, 0.3) is 0 Å². The van der Waals surface area contributed by atoms with Crippen molar-refractivity contribution in [2.45, 2.75) is 43.6 Å². The highest BCUT2D eigenvalue weighted by Crippen LogP contribution is 2.44. The van der Waals surface area contributed by atoms with Crippen molar-refractivity contribution in [2.75, 3.05) is 13.7 Å². The molecule has 22 heavy (non-hydrogen) atoms. The number of aromatic nitrogens is 1. The Bertz CT molecular complexity index is 565. The van der Waals surface area contributed by atoms with Crippen molar-refractivity contribution in [3.8, 4) is 5.75 Å². The van der Waals surface area contributed by atoms with E-state index in [2.05, 4.69) is 9.87 Å². The van der Waals surface area contributed by atoms with Gasteiger partial charge in [-0.3, -0.25) is 0 Å². The van der Waals surface area contributed by atoms with Gasteiger partial charge in [-0.2, -0.15) is 4.89 Å². The minimum Gasteiger partial charge on any atom is -0.489 e. The highest BCUT2D eigenvalue weighted by atomic mass is 17.2. The maximum Gasteiger partial charge on any atom is 0.206 e. The van der Waals surface area contributed by atoms with Gasteiger partial charge in [-0.05, 0) is 44.2 Å². The molecule has 1 aromatic heterocycles. The molecular formula is C16H22N2O4. The van der Waals surface area contributed by atoms with E-state index in [1.54, 1.807) is 6.07 Å². The highest BCUT2D eigenvalue weighted by Gasteiger charge is 2.36. The molecule has 0 unspecified atom stereocenters. The van der Waals surface area contributed by atoms with Gasteiger partial charge >= 0.3 is 0 Å². The molecule has 0 amide bonds. The van der Waals surface area contributed by atoms with E-state index in [0.29, 0.717) is 24.0 Å². The third kappa shape index (κ3) is 3.18. The van der Waals surface area contributed by atoms with Gasteiger partial charge in [-0.15, -0.1) is 0 Å². The molecule has 2 saturated carbocycles. The van der Waals surface area contributed by atoms with Crippen molar-refractivity contribution in [3.05, 3.63) is 29.7 Å². The molecule has 6 heteroatoms. The summed E-state index contributed by atoms with van der Waals surface area (Å²) in [6.07, 6.45) is 6.19. The Morgan fingerprint density at radius 1 is 1.45 bits per heavy atom. The number of nitrogens with two attached hydrogens (primary N) is 1. The first-order valence-electron chi connectivity index (χ1n) is 7.64. The fourth-order valence-corrected chi connectivity index (χ4v) is 2.56. The van der Waals surface area contributed by atoms with Crippen LogP contribution in [0.3, 0.4) is 0 Å². The van der Waals surface area contributed by atoms with Crippen molar-refractivity contribution < 1.29 is 19.6 Å². The van der Waals surface area contributed by atoms with Gasteiger partial charge in [0.2, 0.25) is 5.76 Å². The van der Waals surface area contributed by atoms with Crippen LogP contribution in [0.4, 0.5) is 0 Å². The Morgan fingerprint density at radius 3 is 2.77 bits per heavy atom. The summed E-state index contributed by atoms with van der Waals surface area (Å²) < 4.78 is 5.84. The summed E-state index contributed by atoms with van der Waals surface area (Å²) in [6.45, 7) is 0.321. The van der Waals surface area contributed by atoms with Crippen LogP contribution in [0.5, 0.6) is 5.75 Å². The molecule has 2 aliphatic carbocycles. The van der Waals surface area contributed by atoms with Crippen molar-refractivity contribution in [3.63, 3.8) is 0 Å². The van der Waals surface area contributed by atoms with Gasteiger partial charge in [-0.25, -0.2) is 4.98 Å². The lowest BCUT2D eigenvalue weighted by Crippen LogP contribution is -2.42. The molecular weight excluding hydrogens is 284 g/mol. The molecule has 2 aliphatic rings. The summed E-state index contributed by atoms with van der Waals surface area (Å²) in [5, 5.41) is 10.2. The van der Waals surface area contributed by atoms with Crippen LogP contribution < -0.4 is 10.5 Å². The molecule has 0 aliphatic heterocycles. The third-order valence-electron chi connectivity index (χ3n) is 4.21. The smallest absolute Gasteiger partial charge is 0.206 e. The van der Waals surface area contributed by atoms with Crippen LogP contribution in [0, 0.1) is 0 Å². The first kappa shape index (κ1) is 15.1. The van der Waals surface area contributed by atoms with Gasteiger partial charge in [0.1, 0.15) is 18.1 Å². The third-order valence-corrected chi connectivity index (χ3v) is 4.21. The van der Waals surface area contributed by atoms with Gasteiger partial charge in [0.05, 0.1) is 18.4 Å².